The van der Waals surface area contributed by atoms with Crippen molar-refractivity contribution in [1.82, 2.24) is 0 Å². The summed E-state index contributed by atoms with van der Waals surface area (Å²) in [6.45, 7) is 10.7. The molecular weight excluding hydrogens is 295 g/mol. The van der Waals surface area contributed by atoms with E-state index in [0.717, 1.165) is 0 Å². The van der Waals surface area contributed by atoms with Crippen LogP contribution < -0.4 is 10.4 Å². The fraction of sp³-hybridized carbons (Fsp3) is 0.429. The fourth-order valence-corrected chi connectivity index (χ4v) is 4.01. The van der Waals surface area contributed by atoms with Gasteiger partial charge in [0.25, 0.3) is 0 Å². The van der Waals surface area contributed by atoms with Crippen LogP contribution in [0.2, 0.25) is 0 Å². The van der Waals surface area contributed by atoms with Gasteiger partial charge in [-0.05, 0) is 50.5 Å². The Morgan fingerprint density at radius 2 is 1.38 bits per heavy atom. The summed E-state index contributed by atoms with van der Waals surface area (Å²) >= 11 is 0. The average Bonchev–Trinajstić information content (AvgIpc) is 2.75. The van der Waals surface area contributed by atoms with Crippen molar-refractivity contribution in [2.45, 2.75) is 45.8 Å². The smallest absolute Gasteiger partial charge is 0.400 e. The first-order valence-corrected chi connectivity index (χ1v) is 8.82. The molecule has 124 valence electrons. The molecule has 2 atom stereocenters. The van der Waals surface area contributed by atoms with E-state index < -0.39 is 0 Å². The van der Waals surface area contributed by atoms with Crippen LogP contribution in [0.5, 0.6) is 0 Å². The molecule has 0 bridgehead atoms. The van der Waals surface area contributed by atoms with Crippen molar-refractivity contribution in [3.05, 3.63) is 59.0 Å². The highest BCUT2D eigenvalue weighted by molar-refractivity contribution is 6.67. The lowest BCUT2D eigenvalue weighted by atomic mass is 9.61. The standard InChI is InChI=1S/C21H25BO2/c1-14-15-10-6-8-12-17(15)19(18-13-9-7-11-16(14)18)22-23-20(2,3)21(4,5)24-22/h6-13,15,17H,1-5H3. The van der Waals surface area contributed by atoms with Crippen molar-refractivity contribution < 1.29 is 9.31 Å². The zero-order valence-corrected chi connectivity index (χ0v) is 15.2. The van der Waals surface area contributed by atoms with Crippen LogP contribution in [0, 0.1) is 11.8 Å². The van der Waals surface area contributed by atoms with Crippen molar-refractivity contribution in [2.75, 3.05) is 0 Å². The van der Waals surface area contributed by atoms with E-state index in [4.69, 9.17) is 9.31 Å². The highest BCUT2D eigenvalue weighted by atomic mass is 16.7. The van der Waals surface area contributed by atoms with Gasteiger partial charge in [-0.2, -0.15) is 0 Å². The van der Waals surface area contributed by atoms with Gasteiger partial charge in [0, 0.05) is 11.8 Å². The molecule has 0 spiro atoms. The topological polar surface area (TPSA) is 18.5 Å². The molecule has 0 radical (unpaired) electrons. The summed E-state index contributed by atoms with van der Waals surface area (Å²) in [7, 11) is -0.298. The second-order valence-corrected chi connectivity index (χ2v) is 8.09. The predicted octanol–water partition coefficient (Wildman–Crippen LogP) is 3.01. The van der Waals surface area contributed by atoms with E-state index in [-0.39, 0.29) is 18.3 Å². The first-order valence-electron chi connectivity index (χ1n) is 8.82. The summed E-state index contributed by atoms with van der Waals surface area (Å²) in [5, 5.41) is 2.60. The molecule has 1 aromatic rings. The number of allylic oxidation sites excluding steroid dienone is 4. The normalized spacial score (nSPS) is 29.6. The number of hydrogen-bond donors (Lipinski definition) is 0. The van der Waals surface area contributed by atoms with Crippen LogP contribution in [0.25, 0.3) is 11.0 Å². The molecule has 3 aliphatic rings. The number of benzene rings is 1. The highest BCUT2D eigenvalue weighted by Gasteiger charge is 2.54. The van der Waals surface area contributed by atoms with E-state index >= 15 is 0 Å². The van der Waals surface area contributed by atoms with Gasteiger partial charge in [0.1, 0.15) is 0 Å². The van der Waals surface area contributed by atoms with E-state index in [1.165, 1.54) is 21.5 Å². The molecule has 4 rings (SSSR count). The van der Waals surface area contributed by atoms with Crippen LogP contribution >= 0.6 is 0 Å². The predicted molar refractivity (Wildman–Crippen MR) is 99.5 cm³/mol. The summed E-state index contributed by atoms with van der Waals surface area (Å²) < 4.78 is 12.8. The summed E-state index contributed by atoms with van der Waals surface area (Å²) in [6, 6.07) is 8.66. The molecule has 1 heterocycles. The lowest BCUT2D eigenvalue weighted by Gasteiger charge is -2.32. The lowest BCUT2D eigenvalue weighted by molar-refractivity contribution is 0.00578. The van der Waals surface area contributed by atoms with Gasteiger partial charge in [0.2, 0.25) is 0 Å². The molecule has 0 saturated carbocycles. The molecule has 2 nitrogen and oxygen atoms in total. The third kappa shape index (κ3) is 2.18. The van der Waals surface area contributed by atoms with Crippen molar-refractivity contribution in [3.63, 3.8) is 0 Å². The summed E-state index contributed by atoms with van der Waals surface area (Å²) in [5.41, 5.74) is 2.05. The quantitative estimate of drug-likeness (QED) is 0.741. The van der Waals surface area contributed by atoms with E-state index in [1.807, 2.05) is 0 Å². The molecule has 0 amide bonds. The fourth-order valence-electron chi connectivity index (χ4n) is 4.01. The molecule has 1 aliphatic heterocycles. The molecule has 0 N–H and O–H groups in total. The molecule has 2 aliphatic carbocycles. The van der Waals surface area contributed by atoms with Crippen LogP contribution in [0.1, 0.15) is 34.6 Å². The largest absolute Gasteiger partial charge is 0.491 e. The molecule has 3 heteroatoms. The van der Waals surface area contributed by atoms with Crippen molar-refractivity contribution in [1.29, 1.82) is 0 Å². The van der Waals surface area contributed by atoms with Crippen LogP contribution in [-0.4, -0.2) is 18.3 Å². The number of rotatable bonds is 1. The van der Waals surface area contributed by atoms with E-state index in [9.17, 15) is 0 Å². The Labute approximate surface area is 144 Å². The van der Waals surface area contributed by atoms with Crippen LogP contribution in [-0.2, 0) is 9.31 Å². The number of hydrogen-bond acceptors (Lipinski definition) is 2. The van der Waals surface area contributed by atoms with Crippen molar-refractivity contribution in [3.8, 4) is 0 Å². The summed E-state index contributed by atoms with van der Waals surface area (Å²) in [5.74, 6) is 0.693. The summed E-state index contributed by atoms with van der Waals surface area (Å²) in [4.78, 5) is 0. The Bertz CT molecular complexity index is 844. The Morgan fingerprint density at radius 1 is 0.833 bits per heavy atom. The first kappa shape index (κ1) is 15.9. The van der Waals surface area contributed by atoms with Gasteiger partial charge < -0.3 is 9.31 Å². The maximum Gasteiger partial charge on any atom is 0.491 e. The van der Waals surface area contributed by atoms with Gasteiger partial charge in [-0.3, -0.25) is 0 Å². The van der Waals surface area contributed by atoms with Gasteiger partial charge in [0.15, 0.2) is 0 Å². The first-order chi connectivity index (χ1) is 11.3. The molecule has 1 aromatic carbocycles. The Morgan fingerprint density at radius 3 is 2.00 bits per heavy atom. The molecule has 0 aromatic heterocycles. The Balaban J connectivity index is 1.96. The highest BCUT2D eigenvalue weighted by Crippen LogP contribution is 2.43. The lowest BCUT2D eigenvalue weighted by Crippen LogP contribution is -2.44. The third-order valence-electron chi connectivity index (χ3n) is 6.16. The molecule has 1 fully saturated rings. The average molecular weight is 320 g/mol. The van der Waals surface area contributed by atoms with E-state index in [1.54, 1.807) is 0 Å². The van der Waals surface area contributed by atoms with Crippen molar-refractivity contribution in [2.24, 2.45) is 11.8 Å². The summed E-state index contributed by atoms with van der Waals surface area (Å²) in [6.07, 6.45) is 8.90. The zero-order valence-electron chi connectivity index (χ0n) is 15.2. The van der Waals surface area contributed by atoms with E-state index in [0.29, 0.717) is 11.8 Å². The second kappa shape index (κ2) is 5.21. The van der Waals surface area contributed by atoms with Crippen LogP contribution in [0.4, 0.5) is 0 Å². The molecule has 2 unspecified atom stereocenters. The molecule has 24 heavy (non-hydrogen) atoms. The van der Waals surface area contributed by atoms with E-state index in [2.05, 4.69) is 83.2 Å². The van der Waals surface area contributed by atoms with Gasteiger partial charge in [-0.1, -0.05) is 54.1 Å². The molecule has 1 saturated heterocycles. The van der Waals surface area contributed by atoms with Gasteiger partial charge >= 0.3 is 7.12 Å². The minimum atomic E-state index is -0.320. The second-order valence-electron chi connectivity index (χ2n) is 8.09. The van der Waals surface area contributed by atoms with Gasteiger partial charge in [-0.25, -0.2) is 0 Å². The van der Waals surface area contributed by atoms with Gasteiger partial charge in [-0.15, -0.1) is 0 Å². The van der Waals surface area contributed by atoms with Crippen LogP contribution in [0.15, 0.2) is 48.6 Å². The van der Waals surface area contributed by atoms with Crippen LogP contribution in [0.3, 0.4) is 0 Å². The van der Waals surface area contributed by atoms with Crippen molar-refractivity contribution >= 4 is 18.2 Å². The minimum Gasteiger partial charge on any atom is -0.400 e. The maximum absolute atomic E-state index is 6.42. The van der Waals surface area contributed by atoms with Gasteiger partial charge in [0.05, 0.1) is 11.2 Å². The zero-order chi connectivity index (χ0) is 17.1. The Kier molecular flexibility index (Phi) is 3.46. The Hall–Kier alpha value is -1.58. The third-order valence-corrected chi connectivity index (χ3v) is 6.16. The minimum absolute atomic E-state index is 0.298. The number of fused-ring (bicyclic) bond motifs is 2. The molecular formula is C21H25BO2. The SMILES string of the molecule is CC1=c2ccccc2=C(B2OC(C)(C)C(C)(C)O2)C2C=CC=CC12. The monoisotopic (exact) mass is 320 g/mol. The maximum atomic E-state index is 6.42.